The third kappa shape index (κ3) is 4.40. The zero-order valence-electron chi connectivity index (χ0n) is 19.0. The van der Waals surface area contributed by atoms with Crippen LogP contribution in [0.2, 0.25) is 0 Å². The normalized spacial score (nSPS) is 12.0. The van der Waals surface area contributed by atoms with Gasteiger partial charge in [-0.15, -0.1) is 0 Å². The largest absolute Gasteiger partial charge is 0.488 e. The number of amides is 1. The number of carbonyl (C=O) groups is 1. The number of nitrogens with zero attached hydrogens (tertiary/aromatic N) is 1. The molecule has 32 heavy (non-hydrogen) atoms. The van der Waals surface area contributed by atoms with Crippen LogP contribution < -0.4 is 10.1 Å². The molecule has 0 bridgehead atoms. The highest BCUT2D eigenvalue weighted by atomic mass is 16.5. The van der Waals surface area contributed by atoms with Crippen molar-refractivity contribution in [3.63, 3.8) is 0 Å². The Bertz CT molecular complexity index is 1190. The van der Waals surface area contributed by atoms with Crippen molar-refractivity contribution in [1.82, 2.24) is 4.57 Å². The van der Waals surface area contributed by atoms with Gasteiger partial charge in [0, 0.05) is 17.3 Å². The van der Waals surface area contributed by atoms with Gasteiger partial charge in [-0.25, -0.2) is 0 Å². The number of hydrogen-bond donors (Lipinski definition) is 1. The van der Waals surface area contributed by atoms with E-state index in [1.165, 1.54) is 11.1 Å². The van der Waals surface area contributed by atoms with Crippen LogP contribution in [0.5, 0.6) is 5.75 Å². The molecule has 0 saturated carbocycles. The Morgan fingerprint density at radius 1 is 0.906 bits per heavy atom. The maximum atomic E-state index is 13.2. The molecule has 4 rings (SSSR count). The lowest BCUT2D eigenvalue weighted by Gasteiger charge is -2.19. The molecule has 0 fully saturated rings. The number of anilines is 1. The number of aryl methyl sites for hydroxylation is 2. The average Bonchev–Trinajstić information content (AvgIpc) is 3.27. The van der Waals surface area contributed by atoms with Crippen LogP contribution in [-0.2, 0) is 24.2 Å². The Morgan fingerprint density at radius 3 is 2.28 bits per heavy atom. The minimum atomic E-state index is -0.355. The summed E-state index contributed by atoms with van der Waals surface area (Å²) in [6, 6.07) is 24.0. The SMILES string of the molecule is CCc1cccc(CC)c1NC(=O)C(C)n1ccc2c(OCc3ccccc3)cccc21. The summed E-state index contributed by atoms with van der Waals surface area (Å²) in [4.78, 5) is 13.2. The van der Waals surface area contributed by atoms with E-state index in [-0.39, 0.29) is 11.9 Å². The van der Waals surface area contributed by atoms with Crippen molar-refractivity contribution in [3.8, 4) is 5.75 Å². The minimum absolute atomic E-state index is 0.0197. The molecule has 0 spiro atoms. The molecule has 1 amide bonds. The Morgan fingerprint density at radius 2 is 1.59 bits per heavy atom. The van der Waals surface area contributed by atoms with Gasteiger partial charge in [-0.2, -0.15) is 0 Å². The molecule has 1 N–H and O–H groups in total. The molecule has 0 aliphatic heterocycles. The lowest BCUT2D eigenvalue weighted by Crippen LogP contribution is -2.24. The molecule has 4 heteroatoms. The molecule has 1 aromatic heterocycles. The summed E-state index contributed by atoms with van der Waals surface area (Å²) in [6.45, 7) is 6.68. The average molecular weight is 427 g/mol. The van der Waals surface area contributed by atoms with E-state index in [1.54, 1.807) is 0 Å². The van der Waals surface area contributed by atoms with Gasteiger partial charge in [-0.05, 0) is 54.7 Å². The fourth-order valence-electron chi connectivity index (χ4n) is 4.12. The highest BCUT2D eigenvalue weighted by Gasteiger charge is 2.20. The standard InChI is InChI=1S/C28H30N2O2/c1-4-22-13-9-14-23(5-2)27(22)29-28(31)20(3)30-18-17-24-25(30)15-10-16-26(24)32-19-21-11-7-6-8-12-21/h6-18,20H,4-5,19H2,1-3H3,(H,29,31). The third-order valence-corrected chi connectivity index (χ3v) is 6.00. The minimum Gasteiger partial charge on any atom is -0.488 e. The summed E-state index contributed by atoms with van der Waals surface area (Å²) in [5.41, 5.74) is 5.39. The second kappa shape index (κ2) is 9.73. The highest BCUT2D eigenvalue weighted by molar-refractivity contribution is 5.96. The highest BCUT2D eigenvalue weighted by Crippen LogP contribution is 2.30. The van der Waals surface area contributed by atoms with E-state index in [0.717, 1.165) is 40.7 Å². The van der Waals surface area contributed by atoms with Gasteiger partial charge in [0.15, 0.2) is 0 Å². The molecular formula is C28H30N2O2. The smallest absolute Gasteiger partial charge is 0.247 e. The van der Waals surface area contributed by atoms with Crippen LogP contribution in [0.1, 0.15) is 43.5 Å². The van der Waals surface area contributed by atoms with Crippen LogP contribution in [0.3, 0.4) is 0 Å². The second-order valence-electron chi connectivity index (χ2n) is 8.01. The molecule has 1 unspecified atom stereocenters. The van der Waals surface area contributed by atoms with Crippen molar-refractivity contribution in [3.05, 3.63) is 95.7 Å². The first-order valence-corrected chi connectivity index (χ1v) is 11.3. The zero-order chi connectivity index (χ0) is 22.5. The number of ether oxygens (including phenoxy) is 1. The zero-order valence-corrected chi connectivity index (χ0v) is 19.0. The number of benzene rings is 3. The van der Waals surface area contributed by atoms with Crippen LogP contribution in [0.15, 0.2) is 79.0 Å². The van der Waals surface area contributed by atoms with Crippen molar-refractivity contribution < 1.29 is 9.53 Å². The molecule has 0 saturated heterocycles. The molecule has 0 aliphatic carbocycles. The Balaban J connectivity index is 1.57. The van der Waals surface area contributed by atoms with Crippen LogP contribution in [0, 0.1) is 0 Å². The predicted molar refractivity (Wildman–Crippen MR) is 131 cm³/mol. The third-order valence-electron chi connectivity index (χ3n) is 6.00. The van der Waals surface area contributed by atoms with E-state index < -0.39 is 0 Å². The van der Waals surface area contributed by atoms with Gasteiger partial charge in [0.2, 0.25) is 5.91 Å². The fraction of sp³-hybridized carbons (Fsp3) is 0.250. The first-order valence-electron chi connectivity index (χ1n) is 11.3. The summed E-state index contributed by atoms with van der Waals surface area (Å²) >= 11 is 0. The van der Waals surface area contributed by atoms with Gasteiger partial charge >= 0.3 is 0 Å². The molecule has 1 atom stereocenters. The van der Waals surface area contributed by atoms with Crippen molar-refractivity contribution in [2.45, 2.75) is 46.3 Å². The first-order chi connectivity index (χ1) is 15.6. The number of hydrogen-bond acceptors (Lipinski definition) is 2. The lowest BCUT2D eigenvalue weighted by atomic mass is 10.0. The van der Waals surface area contributed by atoms with Crippen molar-refractivity contribution in [2.24, 2.45) is 0 Å². The van der Waals surface area contributed by atoms with Crippen molar-refractivity contribution in [2.75, 3.05) is 5.32 Å². The van der Waals surface area contributed by atoms with Crippen LogP contribution in [-0.4, -0.2) is 10.5 Å². The Hall–Kier alpha value is -3.53. The number of aromatic nitrogens is 1. The van der Waals surface area contributed by atoms with Gasteiger partial charge < -0.3 is 14.6 Å². The molecule has 0 aliphatic rings. The Labute approximate surface area is 189 Å². The molecule has 4 nitrogen and oxygen atoms in total. The van der Waals surface area contributed by atoms with E-state index in [0.29, 0.717) is 6.61 Å². The molecule has 164 valence electrons. The van der Waals surface area contributed by atoms with Crippen molar-refractivity contribution in [1.29, 1.82) is 0 Å². The topological polar surface area (TPSA) is 43.3 Å². The van der Waals surface area contributed by atoms with E-state index in [1.807, 2.05) is 60.2 Å². The molecule has 3 aromatic carbocycles. The lowest BCUT2D eigenvalue weighted by molar-refractivity contribution is -0.118. The Kier molecular flexibility index (Phi) is 6.60. The molecule has 4 aromatic rings. The van der Waals surface area contributed by atoms with Crippen LogP contribution in [0.25, 0.3) is 10.9 Å². The van der Waals surface area contributed by atoms with Gasteiger partial charge in [0.25, 0.3) is 0 Å². The number of fused-ring (bicyclic) bond motifs is 1. The van der Waals surface area contributed by atoms with E-state index in [9.17, 15) is 4.79 Å². The van der Waals surface area contributed by atoms with Gasteiger partial charge in [0.1, 0.15) is 18.4 Å². The van der Waals surface area contributed by atoms with E-state index in [2.05, 4.69) is 49.5 Å². The monoisotopic (exact) mass is 426 g/mol. The first kappa shape index (κ1) is 21.7. The summed E-state index contributed by atoms with van der Waals surface area (Å²) in [7, 11) is 0. The van der Waals surface area contributed by atoms with Gasteiger partial charge in [-0.1, -0.05) is 68.4 Å². The molecule has 1 heterocycles. The van der Waals surface area contributed by atoms with Crippen molar-refractivity contribution >= 4 is 22.5 Å². The van der Waals surface area contributed by atoms with Gasteiger partial charge in [0.05, 0.1) is 5.52 Å². The quantitative estimate of drug-likeness (QED) is 0.347. The van der Waals surface area contributed by atoms with E-state index in [4.69, 9.17) is 4.74 Å². The summed E-state index contributed by atoms with van der Waals surface area (Å²) in [5, 5.41) is 4.21. The summed E-state index contributed by atoms with van der Waals surface area (Å²) in [5.74, 6) is 0.802. The summed E-state index contributed by atoms with van der Waals surface area (Å²) in [6.07, 6.45) is 3.73. The summed E-state index contributed by atoms with van der Waals surface area (Å²) < 4.78 is 8.12. The number of nitrogens with one attached hydrogen (secondary N) is 1. The van der Waals surface area contributed by atoms with Gasteiger partial charge in [-0.3, -0.25) is 4.79 Å². The number of rotatable bonds is 8. The fourth-order valence-corrected chi connectivity index (χ4v) is 4.12. The number of para-hydroxylation sites is 1. The van der Waals surface area contributed by atoms with Crippen LogP contribution in [0.4, 0.5) is 5.69 Å². The number of carbonyl (C=O) groups excluding carboxylic acids is 1. The maximum Gasteiger partial charge on any atom is 0.247 e. The molecular weight excluding hydrogens is 396 g/mol. The van der Waals surface area contributed by atoms with E-state index >= 15 is 0 Å². The van der Waals surface area contributed by atoms with Crippen LogP contribution >= 0.6 is 0 Å². The predicted octanol–water partition coefficient (Wildman–Crippen LogP) is 6.54. The second-order valence-corrected chi connectivity index (χ2v) is 8.01. The molecule has 0 radical (unpaired) electrons. The maximum absolute atomic E-state index is 13.2.